The molecule has 1 N–H and O–H groups in total. The fourth-order valence-corrected chi connectivity index (χ4v) is 3.25. The van der Waals surface area contributed by atoms with Crippen molar-refractivity contribution in [2.45, 2.75) is 18.8 Å². The van der Waals surface area contributed by atoms with Crippen LogP contribution in [0.1, 0.15) is 24.3 Å². The molecule has 1 saturated heterocycles. The SMILES string of the molecule is COc1ccccc1NC(=O)CCN1CC[C@@H](c2ccccc2)C1. The van der Waals surface area contributed by atoms with Gasteiger partial charge in [0.05, 0.1) is 12.8 Å². The summed E-state index contributed by atoms with van der Waals surface area (Å²) in [7, 11) is 1.61. The maximum atomic E-state index is 12.2. The van der Waals surface area contributed by atoms with E-state index >= 15 is 0 Å². The molecule has 0 unspecified atom stereocenters. The molecule has 4 nitrogen and oxygen atoms in total. The highest BCUT2D eigenvalue weighted by Crippen LogP contribution is 2.27. The van der Waals surface area contributed by atoms with Gasteiger partial charge in [0, 0.05) is 19.5 Å². The van der Waals surface area contributed by atoms with Crippen LogP contribution in [0.2, 0.25) is 0 Å². The van der Waals surface area contributed by atoms with Crippen molar-refractivity contribution in [3.63, 3.8) is 0 Å². The monoisotopic (exact) mass is 324 g/mol. The molecule has 4 heteroatoms. The lowest BCUT2D eigenvalue weighted by atomic mass is 9.99. The van der Waals surface area contributed by atoms with Crippen molar-refractivity contribution in [3.05, 3.63) is 60.2 Å². The van der Waals surface area contributed by atoms with E-state index in [0.29, 0.717) is 18.1 Å². The lowest BCUT2D eigenvalue weighted by molar-refractivity contribution is -0.116. The summed E-state index contributed by atoms with van der Waals surface area (Å²) >= 11 is 0. The van der Waals surface area contributed by atoms with Gasteiger partial charge in [-0.25, -0.2) is 0 Å². The summed E-state index contributed by atoms with van der Waals surface area (Å²) in [6, 6.07) is 18.1. The van der Waals surface area contributed by atoms with Gasteiger partial charge in [0.25, 0.3) is 0 Å². The third-order valence-electron chi connectivity index (χ3n) is 4.58. The van der Waals surface area contributed by atoms with Gasteiger partial charge in [-0.1, -0.05) is 42.5 Å². The molecular formula is C20H24N2O2. The Morgan fingerprint density at radius 2 is 1.92 bits per heavy atom. The van der Waals surface area contributed by atoms with E-state index in [1.807, 2.05) is 24.3 Å². The number of benzene rings is 2. The summed E-state index contributed by atoms with van der Waals surface area (Å²) in [5, 5.41) is 2.94. The van der Waals surface area contributed by atoms with Gasteiger partial charge in [-0.15, -0.1) is 0 Å². The fraction of sp³-hybridized carbons (Fsp3) is 0.350. The number of anilines is 1. The number of nitrogens with one attached hydrogen (secondary N) is 1. The molecule has 2 aromatic carbocycles. The van der Waals surface area contributed by atoms with Crippen LogP contribution in [0.15, 0.2) is 54.6 Å². The Morgan fingerprint density at radius 3 is 2.71 bits per heavy atom. The molecule has 0 saturated carbocycles. The van der Waals surface area contributed by atoms with E-state index in [4.69, 9.17) is 4.74 Å². The zero-order valence-corrected chi connectivity index (χ0v) is 14.1. The zero-order chi connectivity index (χ0) is 16.8. The second kappa shape index (κ2) is 7.97. The van der Waals surface area contributed by atoms with E-state index in [2.05, 4.69) is 40.5 Å². The number of hydrogen-bond acceptors (Lipinski definition) is 3. The van der Waals surface area contributed by atoms with Crippen molar-refractivity contribution in [3.8, 4) is 5.75 Å². The number of likely N-dealkylation sites (tertiary alicyclic amines) is 1. The smallest absolute Gasteiger partial charge is 0.225 e. The number of carbonyl (C=O) groups excluding carboxylic acids is 1. The number of hydrogen-bond donors (Lipinski definition) is 1. The van der Waals surface area contributed by atoms with Crippen LogP contribution < -0.4 is 10.1 Å². The molecule has 0 bridgehead atoms. The Bertz CT molecular complexity index is 672. The summed E-state index contributed by atoms with van der Waals surface area (Å²) < 4.78 is 5.26. The van der Waals surface area contributed by atoms with E-state index in [1.165, 1.54) is 5.56 Å². The van der Waals surface area contributed by atoms with E-state index < -0.39 is 0 Å². The molecule has 1 atom stereocenters. The summed E-state index contributed by atoms with van der Waals surface area (Å²) in [5.74, 6) is 1.31. The molecule has 0 spiro atoms. The Hall–Kier alpha value is -2.33. The molecule has 3 rings (SSSR count). The second-order valence-electron chi connectivity index (χ2n) is 6.20. The molecule has 1 amide bonds. The first-order valence-corrected chi connectivity index (χ1v) is 8.46. The van der Waals surface area contributed by atoms with E-state index in [9.17, 15) is 4.79 Å². The third-order valence-corrected chi connectivity index (χ3v) is 4.58. The molecule has 0 radical (unpaired) electrons. The van der Waals surface area contributed by atoms with Crippen LogP contribution in [0.3, 0.4) is 0 Å². The van der Waals surface area contributed by atoms with Gasteiger partial charge in [-0.05, 0) is 36.6 Å². The van der Waals surface area contributed by atoms with Crippen LogP contribution in [0.4, 0.5) is 5.69 Å². The molecule has 24 heavy (non-hydrogen) atoms. The number of para-hydroxylation sites is 2. The maximum Gasteiger partial charge on any atom is 0.225 e. The summed E-state index contributed by atoms with van der Waals surface area (Å²) in [6.45, 7) is 2.89. The number of nitrogens with zero attached hydrogens (tertiary/aromatic N) is 1. The van der Waals surface area contributed by atoms with Crippen molar-refractivity contribution in [1.82, 2.24) is 4.90 Å². The summed E-state index contributed by atoms with van der Waals surface area (Å²) in [6.07, 6.45) is 1.66. The van der Waals surface area contributed by atoms with Crippen molar-refractivity contribution in [1.29, 1.82) is 0 Å². The average Bonchev–Trinajstić information content (AvgIpc) is 3.10. The molecule has 1 heterocycles. The van der Waals surface area contributed by atoms with Crippen LogP contribution in [0.5, 0.6) is 5.75 Å². The largest absolute Gasteiger partial charge is 0.495 e. The Balaban J connectivity index is 1.47. The molecular weight excluding hydrogens is 300 g/mol. The van der Waals surface area contributed by atoms with Gasteiger partial charge < -0.3 is 15.0 Å². The van der Waals surface area contributed by atoms with Crippen molar-refractivity contribution in [2.75, 3.05) is 32.1 Å². The minimum atomic E-state index is 0.0302. The molecule has 126 valence electrons. The number of ether oxygens (including phenoxy) is 1. The number of methoxy groups -OCH3 is 1. The lowest BCUT2D eigenvalue weighted by Crippen LogP contribution is -2.25. The van der Waals surface area contributed by atoms with Crippen LogP contribution in [0.25, 0.3) is 0 Å². The van der Waals surface area contributed by atoms with Gasteiger partial charge in [-0.2, -0.15) is 0 Å². The Labute approximate surface area is 143 Å². The first-order valence-electron chi connectivity index (χ1n) is 8.46. The molecule has 0 aliphatic carbocycles. The highest BCUT2D eigenvalue weighted by Gasteiger charge is 2.23. The topological polar surface area (TPSA) is 41.6 Å². The van der Waals surface area contributed by atoms with Crippen LogP contribution in [-0.2, 0) is 4.79 Å². The van der Waals surface area contributed by atoms with Crippen LogP contribution in [0, 0.1) is 0 Å². The van der Waals surface area contributed by atoms with Crippen molar-refractivity contribution < 1.29 is 9.53 Å². The normalized spacial score (nSPS) is 17.6. The predicted molar refractivity (Wildman–Crippen MR) is 96.5 cm³/mol. The van der Waals surface area contributed by atoms with E-state index in [-0.39, 0.29) is 5.91 Å². The number of carbonyl (C=O) groups is 1. The van der Waals surface area contributed by atoms with E-state index in [1.54, 1.807) is 7.11 Å². The fourth-order valence-electron chi connectivity index (χ4n) is 3.25. The highest BCUT2D eigenvalue weighted by atomic mass is 16.5. The standard InChI is InChI=1S/C20H24N2O2/c1-24-19-10-6-5-9-18(19)21-20(23)12-14-22-13-11-17(15-22)16-7-3-2-4-8-16/h2-10,17H,11-15H2,1H3,(H,21,23)/t17-/m1/s1. The zero-order valence-electron chi connectivity index (χ0n) is 14.1. The van der Waals surface area contributed by atoms with Crippen LogP contribution >= 0.6 is 0 Å². The number of rotatable bonds is 6. The highest BCUT2D eigenvalue weighted by molar-refractivity contribution is 5.92. The van der Waals surface area contributed by atoms with E-state index in [0.717, 1.165) is 31.7 Å². The predicted octanol–water partition coefficient (Wildman–Crippen LogP) is 3.51. The van der Waals surface area contributed by atoms with Crippen molar-refractivity contribution in [2.24, 2.45) is 0 Å². The third kappa shape index (κ3) is 4.15. The first-order chi connectivity index (χ1) is 11.8. The summed E-state index contributed by atoms with van der Waals surface area (Å²) in [4.78, 5) is 14.6. The van der Waals surface area contributed by atoms with Gasteiger partial charge >= 0.3 is 0 Å². The quantitative estimate of drug-likeness (QED) is 0.884. The maximum absolute atomic E-state index is 12.2. The minimum Gasteiger partial charge on any atom is -0.495 e. The minimum absolute atomic E-state index is 0.0302. The second-order valence-corrected chi connectivity index (χ2v) is 6.20. The average molecular weight is 324 g/mol. The van der Waals surface area contributed by atoms with Gasteiger partial charge in [0.15, 0.2) is 0 Å². The molecule has 1 aliphatic heterocycles. The molecule has 1 fully saturated rings. The van der Waals surface area contributed by atoms with Crippen LogP contribution in [-0.4, -0.2) is 37.6 Å². The first kappa shape index (κ1) is 16.5. The van der Waals surface area contributed by atoms with Gasteiger partial charge in [0.1, 0.15) is 5.75 Å². The Morgan fingerprint density at radius 1 is 1.17 bits per heavy atom. The number of amides is 1. The van der Waals surface area contributed by atoms with Gasteiger partial charge in [0.2, 0.25) is 5.91 Å². The summed E-state index contributed by atoms with van der Waals surface area (Å²) in [5.41, 5.74) is 2.13. The molecule has 2 aromatic rings. The molecule has 1 aliphatic rings. The Kier molecular flexibility index (Phi) is 5.49. The van der Waals surface area contributed by atoms with Crippen molar-refractivity contribution >= 4 is 11.6 Å². The lowest BCUT2D eigenvalue weighted by Gasteiger charge is -2.16. The van der Waals surface area contributed by atoms with Gasteiger partial charge in [-0.3, -0.25) is 4.79 Å². The molecule has 0 aromatic heterocycles.